The Morgan fingerprint density at radius 2 is 2.11 bits per heavy atom. The molecule has 0 aliphatic rings. The van der Waals surface area contributed by atoms with E-state index in [1.54, 1.807) is 17.1 Å². The Morgan fingerprint density at radius 3 is 2.78 bits per heavy atom. The molecule has 3 nitrogen and oxygen atoms in total. The fourth-order valence-corrected chi connectivity index (χ4v) is 2.08. The second-order valence-electron chi connectivity index (χ2n) is 4.05. The summed E-state index contributed by atoms with van der Waals surface area (Å²) in [6.07, 6.45) is 4.51. The topological polar surface area (TPSA) is 29.9 Å². The molecule has 1 N–H and O–H groups in total. The summed E-state index contributed by atoms with van der Waals surface area (Å²) in [7, 11) is 0. The van der Waals surface area contributed by atoms with Gasteiger partial charge in [-0.15, -0.1) is 0 Å². The average molecular weight is 284 g/mol. The number of halogens is 2. The van der Waals surface area contributed by atoms with Crippen LogP contribution in [0.4, 0.5) is 0 Å². The van der Waals surface area contributed by atoms with Gasteiger partial charge in [0.2, 0.25) is 0 Å². The first-order chi connectivity index (χ1) is 8.70. The summed E-state index contributed by atoms with van der Waals surface area (Å²) in [6.45, 7) is 3.88. The molecule has 5 heteroatoms. The van der Waals surface area contributed by atoms with Crippen molar-refractivity contribution in [3.8, 4) is 5.69 Å². The number of hydrogen-bond acceptors (Lipinski definition) is 2. The summed E-state index contributed by atoms with van der Waals surface area (Å²) in [5.74, 6) is 0. The van der Waals surface area contributed by atoms with E-state index in [1.807, 2.05) is 18.2 Å². The summed E-state index contributed by atoms with van der Waals surface area (Å²) in [5.41, 5.74) is 2.10. The summed E-state index contributed by atoms with van der Waals surface area (Å²) >= 11 is 11.9. The highest BCUT2D eigenvalue weighted by molar-refractivity contribution is 6.30. The Balaban J connectivity index is 2.28. The van der Waals surface area contributed by atoms with Crippen molar-refractivity contribution in [1.29, 1.82) is 0 Å². The molecule has 1 heterocycles. The fourth-order valence-electron chi connectivity index (χ4n) is 1.75. The highest BCUT2D eigenvalue weighted by atomic mass is 35.5. The number of nitrogens with one attached hydrogen (secondary N) is 1. The smallest absolute Gasteiger partial charge is 0.0790 e. The molecule has 1 aromatic carbocycles. The van der Waals surface area contributed by atoms with Gasteiger partial charge in [0.05, 0.1) is 16.9 Å². The van der Waals surface area contributed by atoms with E-state index in [1.165, 1.54) is 0 Å². The third kappa shape index (κ3) is 3.25. The normalized spacial score (nSPS) is 10.8. The maximum Gasteiger partial charge on any atom is 0.0790 e. The van der Waals surface area contributed by atoms with Crippen LogP contribution in [0.2, 0.25) is 10.0 Å². The van der Waals surface area contributed by atoms with Crippen molar-refractivity contribution in [2.45, 2.75) is 19.9 Å². The molecule has 0 aliphatic heterocycles. The Morgan fingerprint density at radius 1 is 1.28 bits per heavy atom. The van der Waals surface area contributed by atoms with Crippen LogP contribution >= 0.6 is 23.2 Å². The molecule has 2 aromatic rings. The van der Waals surface area contributed by atoms with Crippen LogP contribution in [0.1, 0.15) is 18.9 Å². The van der Waals surface area contributed by atoms with Crippen molar-refractivity contribution in [3.05, 3.63) is 46.2 Å². The molecule has 0 aliphatic carbocycles. The SMILES string of the molecule is CCCNCc1cc(Cl)ccc1-n1cc(Cl)cn1. The van der Waals surface area contributed by atoms with E-state index in [9.17, 15) is 0 Å². The standard InChI is InChI=1S/C13H15Cl2N3/c1-2-5-16-7-10-6-11(14)3-4-13(10)18-9-12(15)8-17-18/h3-4,6,8-9,16H,2,5,7H2,1H3. The molecule has 2 rings (SSSR count). The number of nitrogens with zero attached hydrogens (tertiary/aromatic N) is 2. The monoisotopic (exact) mass is 283 g/mol. The molecule has 0 saturated heterocycles. The third-order valence-corrected chi connectivity index (χ3v) is 3.01. The largest absolute Gasteiger partial charge is 0.313 e. The second kappa shape index (κ2) is 6.23. The molecule has 1 aromatic heterocycles. The molecule has 0 amide bonds. The lowest BCUT2D eigenvalue weighted by molar-refractivity contribution is 0.670. The Hall–Kier alpha value is -1.03. The number of aromatic nitrogens is 2. The third-order valence-electron chi connectivity index (χ3n) is 2.58. The minimum absolute atomic E-state index is 0.623. The fraction of sp³-hybridized carbons (Fsp3) is 0.308. The van der Waals surface area contributed by atoms with Gasteiger partial charge in [-0.05, 0) is 36.7 Å². The molecule has 0 fully saturated rings. The van der Waals surface area contributed by atoms with Gasteiger partial charge in [-0.25, -0.2) is 4.68 Å². The average Bonchev–Trinajstić information content (AvgIpc) is 2.76. The van der Waals surface area contributed by atoms with Crippen molar-refractivity contribution in [2.75, 3.05) is 6.54 Å². The van der Waals surface area contributed by atoms with Gasteiger partial charge in [0.15, 0.2) is 0 Å². The maximum atomic E-state index is 6.04. The first kappa shape index (κ1) is 13.4. The molecule has 18 heavy (non-hydrogen) atoms. The highest BCUT2D eigenvalue weighted by Crippen LogP contribution is 2.20. The molecule has 0 atom stereocenters. The molecule has 0 bridgehead atoms. The summed E-state index contributed by atoms with van der Waals surface area (Å²) in [6, 6.07) is 5.76. The van der Waals surface area contributed by atoms with Crippen LogP contribution in [-0.4, -0.2) is 16.3 Å². The van der Waals surface area contributed by atoms with Crippen molar-refractivity contribution in [1.82, 2.24) is 15.1 Å². The first-order valence-electron chi connectivity index (χ1n) is 5.90. The Bertz CT molecular complexity index is 523. The number of hydrogen-bond donors (Lipinski definition) is 1. The molecule has 0 spiro atoms. The lowest BCUT2D eigenvalue weighted by Gasteiger charge is -2.11. The van der Waals surface area contributed by atoms with E-state index in [-0.39, 0.29) is 0 Å². The van der Waals surface area contributed by atoms with E-state index in [2.05, 4.69) is 17.3 Å². The lowest BCUT2D eigenvalue weighted by Crippen LogP contribution is -2.15. The van der Waals surface area contributed by atoms with Crippen molar-refractivity contribution in [2.24, 2.45) is 0 Å². The Labute approximate surface area is 117 Å². The zero-order valence-electron chi connectivity index (χ0n) is 10.2. The van der Waals surface area contributed by atoms with Gasteiger partial charge in [0.1, 0.15) is 0 Å². The Kier molecular flexibility index (Phi) is 4.64. The summed E-state index contributed by atoms with van der Waals surface area (Å²) in [5, 5.41) is 8.93. The maximum absolute atomic E-state index is 6.04. The summed E-state index contributed by atoms with van der Waals surface area (Å²) < 4.78 is 1.77. The van der Waals surface area contributed by atoms with Gasteiger partial charge in [-0.1, -0.05) is 30.1 Å². The quantitative estimate of drug-likeness (QED) is 0.849. The molecule has 0 saturated carbocycles. The van der Waals surface area contributed by atoms with E-state index in [4.69, 9.17) is 23.2 Å². The van der Waals surface area contributed by atoms with E-state index in [0.29, 0.717) is 5.02 Å². The van der Waals surface area contributed by atoms with Gasteiger partial charge in [-0.3, -0.25) is 0 Å². The molecular weight excluding hydrogens is 269 g/mol. The van der Waals surface area contributed by atoms with Gasteiger partial charge in [-0.2, -0.15) is 5.10 Å². The minimum Gasteiger partial charge on any atom is -0.313 e. The first-order valence-corrected chi connectivity index (χ1v) is 6.66. The van der Waals surface area contributed by atoms with Gasteiger partial charge >= 0.3 is 0 Å². The van der Waals surface area contributed by atoms with Crippen LogP contribution in [0, 0.1) is 0 Å². The van der Waals surface area contributed by atoms with Crippen molar-refractivity contribution >= 4 is 23.2 Å². The predicted molar refractivity (Wildman–Crippen MR) is 75.6 cm³/mol. The van der Waals surface area contributed by atoms with E-state index in [0.717, 1.165) is 35.8 Å². The van der Waals surface area contributed by atoms with E-state index >= 15 is 0 Å². The van der Waals surface area contributed by atoms with Crippen LogP contribution in [-0.2, 0) is 6.54 Å². The van der Waals surface area contributed by atoms with Crippen LogP contribution < -0.4 is 5.32 Å². The molecular formula is C13H15Cl2N3. The second-order valence-corrected chi connectivity index (χ2v) is 4.93. The van der Waals surface area contributed by atoms with Gasteiger partial charge < -0.3 is 5.32 Å². The van der Waals surface area contributed by atoms with Gasteiger partial charge in [0.25, 0.3) is 0 Å². The van der Waals surface area contributed by atoms with Gasteiger partial charge in [0, 0.05) is 17.8 Å². The molecule has 96 valence electrons. The highest BCUT2D eigenvalue weighted by Gasteiger charge is 2.06. The van der Waals surface area contributed by atoms with Crippen molar-refractivity contribution in [3.63, 3.8) is 0 Å². The molecule has 0 unspecified atom stereocenters. The number of benzene rings is 1. The zero-order chi connectivity index (χ0) is 13.0. The van der Waals surface area contributed by atoms with Crippen LogP contribution in [0.5, 0.6) is 0 Å². The predicted octanol–water partition coefficient (Wildman–Crippen LogP) is 3.68. The number of rotatable bonds is 5. The van der Waals surface area contributed by atoms with Crippen LogP contribution in [0.3, 0.4) is 0 Å². The summed E-state index contributed by atoms with van der Waals surface area (Å²) in [4.78, 5) is 0. The lowest BCUT2D eigenvalue weighted by atomic mass is 10.1. The molecule has 0 radical (unpaired) electrons. The minimum atomic E-state index is 0.623. The van der Waals surface area contributed by atoms with E-state index < -0.39 is 0 Å². The van der Waals surface area contributed by atoms with Crippen LogP contribution in [0.25, 0.3) is 5.69 Å². The van der Waals surface area contributed by atoms with Crippen LogP contribution in [0.15, 0.2) is 30.6 Å². The van der Waals surface area contributed by atoms with Crippen molar-refractivity contribution < 1.29 is 0 Å². The zero-order valence-corrected chi connectivity index (χ0v) is 11.7.